The van der Waals surface area contributed by atoms with Gasteiger partial charge in [-0.15, -0.1) is 0 Å². The number of aliphatic hydroxyl groups excluding tert-OH is 3. The molecular weight excluding hydrogens is 680 g/mol. The molecule has 292 valence electrons. The maximum Gasteiger partial charge on any atom is 0.305 e. The summed E-state index contributed by atoms with van der Waals surface area (Å²) in [4.78, 5) is 12.3. The molecule has 5 atom stereocenters. The highest BCUT2D eigenvalue weighted by Crippen LogP contribution is 2.47. The number of carbonyl (C=O) groups is 1. The van der Waals surface area contributed by atoms with Gasteiger partial charge in [0.25, 0.3) is 0 Å². The van der Waals surface area contributed by atoms with Crippen LogP contribution in [0.2, 0.25) is 36.3 Å². The van der Waals surface area contributed by atoms with Crippen molar-refractivity contribution >= 4 is 22.6 Å². The summed E-state index contributed by atoms with van der Waals surface area (Å²) in [6.45, 7) is 21.1. The van der Waals surface area contributed by atoms with Crippen molar-refractivity contribution in [2.75, 3.05) is 26.4 Å². The summed E-state index contributed by atoms with van der Waals surface area (Å²) in [6.07, 6.45) is 9.51. The first-order chi connectivity index (χ1) is 23.7. The summed E-state index contributed by atoms with van der Waals surface area (Å²) in [6, 6.07) is 8.75. The van der Waals surface area contributed by atoms with Crippen molar-refractivity contribution in [1.29, 1.82) is 0 Å². The van der Waals surface area contributed by atoms with E-state index >= 15 is 4.39 Å². The number of unbranched alkanes of at least 4 members (excludes halogenated alkanes) is 1. The average molecular weight is 751 g/mol. The lowest BCUT2D eigenvalue weighted by atomic mass is 9.84. The number of benzene rings is 1. The van der Waals surface area contributed by atoms with Crippen LogP contribution in [0.1, 0.15) is 97.6 Å². The number of hydrogen-bond acceptors (Lipinski definition) is 7. The Morgan fingerprint density at radius 3 is 2.00 bits per heavy atom. The molecule has 1 saturated carbocycles. The topological polar surface area (TPSA) is 105 Å². The highest BCUT2D eigenvalue weighted by Gasteiger charge is 2.49. The number of ether oxygens (including phenoxy) is 1. The maximum absolute atomic E-state index is 16.3. The molecule has 0 spiro atoms. The molecule has 3 rings (SSSR count). The first kappa shape index (κ1) is 44.0. The van der Waals surface area contributed by atoms with Crippen LogP contribution in [0.15, 0.2) is 36.4 Å². The number of allylic oxidation sites excluding steroid dienone is 2. The van der Waals surface area contributed by atoms with Gasteiger partial charge in [-0.05, 0) is 110 Å². The normalized spacial score (nSPS) is 22.9. The van der Waals surface area contributed by atoms with Gasteiger partial charge in [-0.1, -0.05) is 78.0 Å². The summed E-state index contributed by atoms with van der Waals surface area (Å²) < 4.78 is 35.7. The third-order valence-electron chi connectivity index (χ3n) is 12.7. The Hall–Kier alpha value is -1.41. The van der Waals surface area contributed by atoms with E-state index in [4.69, 9.17) is 13.6 Å². The third kappa shape index (κ3) is 11.8. The average Bonchev–Trinajstić information content (AvgIpc) is 3.60. The summed E-state index contributed by atoms with van der Waals surface area (Å²) >= 11 is 0. The predicted octanol–water partition coefficient (Wildman–Crippen LogP) is 8.56. The highest BCUT2D eigenvalue weighted by molar-refractivity contribution is 6.74. The molecule has 0 heterocycles. The SMILES string of the molecule is CC(C)(C)[Si](C)(C)O[C@H]1C[C@H](F)C(CC[C@@H](O[Si](C)(C)C(C)(C)C)C2Cc3ccccc3C2)[C@H]1C/C=C\CCCC(=O)OCC(CO)(CO)CO. The molecule has 51 heavy (non-hydrogen) atoms. The number of esters is 1. The lowest BCUT2D eigenvalue weighted by Crippen LogP contribution is -2.46. The molecule has 1 fully saturated rings. The molecule has 10 heteroatoms. The van der Waals surface area contributed by atoms with E-state index in [-0.39, 0.29) is 47.1 Å². The van der Waals surface area contributed by atoms with Crippen molar-refractivity contribution < 1.29 is 38.1 Å². The standard InChI is InChI=1S/C41H71FO7Si2/c1-39(2,3)50(7,8)48-36(32-23-30-17-15-16-18-31(30)24-32)22-21-33-34(37(25-35(33)42)49-51(9,10)40(4,5)6)19-13-11-12-14-20-38(46)47-29-41(26-43,27-44)28-45/h11,13,15-18,32-37,43-45H,12,14,19-29H2,1-10H3/b13-11-/t33?,34-,35+,36-,37+/m1/s1. The highest BCUT2D eigenvalue weighted by atomic mass is 28.4. The first-order valence-corrected chi connectivity index (χ1v) is 25.2. The zero-order valence-corrected chi connectivity index (χ0v) is 35.5. The van der Waals surface area contributed by atoms with Crippen molar-refractivity contribution in [3.05, 3.63) is 47.5 Å². The van der Waals surface area contributed by atoms with E-state index in [0.29, 0.717) is 25.2 Å². The van der Waals surface area contributed by atoms with Gasteiger partial charge in [0.2, 0.25) is 0 Å². The summed E-state index contributed by atoms with van der Waals surface area (Å²) in [5.74, 6) is -0.0821. The zero-order chi connectivity index (χ0) is 38.3. The largest absolute Gasteiger partial charge is 0.465 e. The summed E-state index contributed by atoms with van der Waals surface area (Å²) in [7, 11) is -4.21. The number of aliphatic hydroxyl groups is 3. The molecular formula is C41H71FO7Si2. The quantitative estimate of drug-likeness (QED) is 0.0564. The lowest BCUT2D eigenvalue weighted by Gasteiger charge is -2.42. The minimum Gasteiger partial charge on any atom is -0.465 e. The minimum absolute atomic E-state index is 0.0245. The van der Waals surface area contributed by atoms with Gasteiger partial charge in [0.15, 0.2) is 16.6 Å². The predicted molar refractivity (Wildman–Crippen MR) is 209 cm³/mol. The van der Waals surface area contributed by atoms with Gasteiger partial charge < -0.3 is 28.9 Å². The van der Waals surface area contributed by atoms with Crippen LogP contribution in [-0.4, -0.2) is 82.7 Å². The molecule has 0 saturated heterocycles. The molecule has 1 aromatic carbocycles. The fraction of sp³-hybridized carbons (Fsp3) is 0.780. The van der Waals surface area contributed by atoms with Gasteiger partial charge in [0.05, 0.1) is 31.3 Å². The fourth-order valence-electron chi connectivity index (χ4n) is 7.01. The molecule has 0 amide bonds. The number of rotatable bonds is 19. The number of hydrogen-bond donors (Lipinski definition) is 3. The number of halogens is 1. The van der Waals surface area contributed by atoms with Gasteiger partial charge in [-0.3, -0.25) is 4.79 Å². The molecule has 2 aliphatic carbocycles. The Kier molecular flexibility index (Phi) is 15.8. The van der Waals surface area contributed by atoms with Crippen molar-refractivity contribution in [3.63, 3.8) is 0 Å². The van der Waals surface area contributed by atoms with Crippen LogP contribution in [0, 0.1) is 23.2 Å². The van der Waals surface area contributed by atoms with Crippen LogP contribution >= 0.6 is 0 Å². The monoisotopic (exact) mass is 750 g/mol. The van der Waals surface area contributed by atoms with Crippen LogP contribution in [0.3, 0.4) is 0 Å². The van der Waals surface area contributed by atoms with Gasteiger partial charge in [0.1, 0.15) is 12.8 Å². The lowest BCUT2D eigenvalue weighted by molar-refractivity contribution is -0.151. The second-order valence-corrected chi connectivity index (χ2v) is 28.2. The van der Waals surface area contributed by atoms with Crippen LogP contribution in [0.25, 0.3) is 0 Å². The first-order valence-electron chi connectivity index (χ1n) is 19.4. The van der Waals surface area contributed by atoms with E-state index in [9.17, 15) is 20.1 Å². The Balaban J connectivity index is 1.72. The molecule has 3 N–H and O–H groups in total. The zero-order valence-electron chi connectivity index (χ0n) is 33.5. The van der Waals surface area contributed by atoms with Crippen LogP contribution in [0.5, 0.6) is 0 Å². The molecule has 1 unspecified atom stereocenters. The van der Waals surface area contributed by atoms with E-state index in [1.54, 1.807) is 0 Å². The molecule has 1 aromatic rings. The van der Waals surface area contributed by atoms with E-state index < -0.39 is 54.0 Å². The number of fused-ring (bicyclic) bond motifs is 1. The molecule has 0 aliphatic heterocycles. The van der Waals surface area contributed by atoms with Crippen LogP contribution in [-0.2, 0) is 31.2 Å². The molecule has 0 bridgehead atoms. The Morgan fingerprint density at radius 2 is 1.47 bits per heavy atom. The smallest absolute Gasteiger partial charge is 0.305 e. The van der Waals surface area contributed by atoms with Gasteiger partial charge in [0, 0.05) is 18.9 Å². The van der Waals surface area contributed by atoms with Gasteiger partial charge >= 0.3 is 5.97 Å². The summed E-state index contributed by atoms with van der Waals surface area (Å²) in [5, 5.41) is 28.5. The van der Waals surface area contributed by atoms with Gasteiger partial charge in [-0.2, -0.15) is 0 Å². The minimum atomic E-state index is -2.14. The Bertz CT molecular complexity index is 1230. The number of alkyl halides is 1. The van der Waals surface area contributed by atoms with Crippen molar-refractivity contribution in [2.24, 2.45) is 23.2 Å². The van der Waals surface area contributed by atoms with Crippen molar-refractivity contribution in [2.45, 2.75) is 154 Å². The number of carbonyl (C=O) groups excluding carboxylic acids is 1. The van der Waals surface area contributed by atoms with Gasteiger partial charge in [-0.25, -0.2) is 4.39 Å². The van der Waals surface area contributed by atoms with Crippen molar-refractivity contribution in [3.8, 4) is 0 Å². The maximum atomic E-state index is 16.3. The van der Waals surface area contributed by atoms with Crippen LogP contribution < -0.4 is 0 Å². The van der Waals surface area contributed by atoms with E-state index in [0.717, 1.165) is 32.1 Å². The second kappa shape index (κ2) is 18.3. The molecule has 0 aromatic heterocycles. The van der Waals surface area contributed by atoms with E-state index in [2.05, 4.69) is 104 Å². The van der Waals surface area contributed by atoms with E-state index in [1.807, 2.05) is 0 Å². The fourth-order valence-corrected chi connectivity index (χ4v) is 9.82. The third-order valence-corrected chi connectivity index (χ3v) is 21.7. The van der Waals surface area contributed by atoms with E-state index in [1.165, 1.54) is 11.1 Å². The molecule has 0 radical (unpaired) electrons. The molecule has 7 nitrogen and oxygen atoms in total. The van der Waals surface area contributed by atoms with Crippen LogP contribution in [0.4, 0.5) is 4.39 Å². The molecule has 2 aliphatic rings. The Morgan fingerprint density at radius 1 is 0.902 bits per heavy atom. The Labute approximate surface area is 311 Å². The van der Waals surface area contributed by atoms with Crippen molar-refractivity contribution in [1.82, 2.24) is 0 Å². The summed E-state index contributed by atoms with van der Waals surface area (Å²) in [5.41, 5.74) is 1.61. The second-order valence-electron chi connectivity index (χ2n) is 18.7.